The summed E-state index contributed by atoms with van der Waals surface area (Å²) in [6, 6.07) is 26.7. The minimum absolute atomic E-state index is 0.531. The van der Waals surface area contributed by atoms with Crippen molar-refractivity contribution in [2.24, 2.45) is 0 Å². The first-order chi connectivity index (χ1) is 23.9. The average Bonchev–Trinajstić information content (AvgIpc) is 3.86. The summed E-state index contributed by atoms with van der Waals surface area (Å²) in [6.45, 7) is 0. The standard InChI is InChI=1S/C40H18F6S4/c41-39(42,43)29-7-1-23(2-8-29)5-11-31-15-25-19-37-27(21-35(25)47-31)17-33(49-37)13-14-34-18-28-22-36-26(20-38(28)50-34)16-32(48-36)12-6-24-3-9-30(10-4-24)40(44,45)46/h1-4,7-10,13-22H/b14-13+. The van der Waals surface area contributed by atoms with E-state index in [1.807, 2.05) is 12.1 Å². The van der Waals surface area contributed by atoms with Gasteiger partial charge in [-0.2, -0.15) is 26.3 Å². The van der Waals surface area contributed by atoms with Gasteiger partial charge in [0, 0.05) is 39.7 Å². The molecule has 0 aliphatic heterocycles. The molecule has 0 nitrogen and oxygen atoms in total. The van der Waals surface area contributed by atoms with E-state index in [1.54, 1.807) is 45.3 Å². The van der Waals surface area contributed by atoms with Crippen LogP contribution in [0.5, 0.6) is 0 Å². The van der Waals surface area contributed by atoms with Crippen molar-refractivity contribution >= 4 is 97.8 Å². The molecule has 0 atom stereocenters. The van der Waals surface area contributed by atoms with Crippen molar-refractivity contribution in [3.05, 3.63) is 139 Å². The number of rotatable bonds is 2. The quantitative estimate of drug-likeness (QED) is 0.122. The van der Waals surface area contributed by atoms with Crippen LogP contribution in [0, 0.1) is 23.7 Å². The van der Waals surface area contributed by atoms with E-state index in [9.17, 15) is 26.3 Å². The van der Waals surface area contributed by atoms with Gasteiger partial charge in [0.2, 0.25) is 0 Å². The largest absolute Gasteiger partial charge is 0.416 e. The van der Waals surface area contributed by atoms with E-state index in [1.165, 1.54) is 24.3 Å². The third-order valence-corrected chi connectivity index (χ3v) is 12.0. The van der Waals surface area contributed by atoms with Crippen LogP contribution < -0.4 is 0 Å². The van der Waals surface area contributed by atoms with Gasteiger partial charge in [-0.1, -0.05) is 23.7 Å². The second-order valence-electron chi connectivity index (χ2n) is 11.4. The zero-order valence-corrected chi connectivity index (χ0v) is 28.6. The molecule has 0 fully saturated rings. The molecule has 4 aromatic carbocycles. The lowest BCUT2D eigenvalue weighted by Crippen LogP contribution is -2.04. The number of hydrogen-bond donors (Lipinski definition) is 0. The Hall–Kier alpha value is -4.84. The van der Waals surface area contributed by atoms with E-state index in [-0.39, 0.29) is 0 Å². The molecule has 0 saturated heterocycles. The zero-order chi connectivity index (χ0) is 34.6. The van der Waals surface area contributed by atoms with Crippen molar-refractivity contribution in [1.29, 1.82) is 0 Å². The molecule has 0 bridgehead atoms. The second kappa shape index (κ2) is 12.5. The van der Waals surface area contributed by atoms with Crippen LogP contribution >= 0.6 is 45.3 Å². The van der Waals surface area contributed by atoms with Crippen molar-refractivity contribution in [2.75, 3.05) is 0 Å². The molecule has 8 aromatic rings. The summed E-state index contributed by atoms with van der Waals surface area (Å²) in [5.74, 6) is 12.1. The van der Waals surface area contributed by atoms with Crippen LogP contribution in [-0.2, 0) is 12.4 Å². The summed E-state index contributed by atoms with van der Waals surface area (Å²) < 4.78 is 81.5. The molecular formula is C40H18F6S4. The van der Waals surface area contributed by atoms with Gasteiger partial charge >= 0.3 is 12.4 Å². The van der Waals surface area contributed by atoms with Crippen LogP contribution in [0.1, 0.15) is 41.8 Å². The molecular weight excluding hydrogens is 723 g/mol. The molecule has 0 unspecified atom stereocenters. The van der Waals surface area contributed by atoms with E-state index in [2.05, 4.69) is 72.2 Å². The van der Waals surface area contributed by atoms with E-state index in [4.69, 9.17) is 0 Å². The monoisotopic (exact) mass is 740 g/mol. The smallest absolute Gasteiger partial charge is 0.166 e. The third kappa shape index (κ3) is 6.81. The highest BCUT2D eigenvalue weighted by Crippen LogP contribution is 2.37. The molecule has 244 valence electrons. The molecule has 0 amide bonds. The lowest BCUT2D eigenvalue weighted by atomic mass is 10.1. The summed E-state index contributed by atoms with van der Waals surface area (Å²) in [7, 11) is 0. The number of fused-ring (bicyclic) bond motifs is 4. The Morgan fingerprint density at radius 1 is 0.400 bits per heavy atom. The van der Waals surface area contributed by atoms with Crippen LogP contribution in [-0.4, -0.2) is 0 Å². The molecule has 0 N–H and O–H groups in total. The van der Waals surface area contributed by atoms with E-state index < -0.39 is 23.5 Å². The van der Waals surface area contributed by atoms with Gasteiger partial charge in [0.25, 0.3) is 0 Å². The molecule has 10 heteroatoms. The minimum Gasteiger partial charge on any atom is -0.166 e. The van der Waals surface area contributed by atoms with Crippen LogP contribution in [0.25, 0.3) is 52.5 Å². The molecule has 0 aliphatic carbocycles. The molecule has 50 heavy (non-hydrogen) atoms. The van der Waals surface area contributed by atoms with Crippen LogP contribution in [0.15, 0.2) is 97.1 Å². The Labute approximate surface area is 297 Å². The summed E-state index contributed by atoms with van der Waals surface area (Å²) in [5.41, 5.74) is -0.317. The lowest BCUT2D eigenvalue weighted by molar-refractivity contribution is -0.138. The number of halogens is 6. The van der Waals surface area contributed by atoms with Crippen LogP contribution in [0.2, 0.25) is 0 Å². The van der Waals surface area contributed by atoms with Gasteiger partial charge in [0.15, 0.2) is 0 Å². The van der Waals surface area contributed by atoms with Crippen molar-refractivity contribution in [2.45, 2.75) is 12.4 Å². The molecule has 0 aliphatic rings. The summed E-state index contributed by atoms with van der Waals surface area (Å²) in [5, 5.41) is 4.43. The maximum Gasteiger partial charge on any atom is 0.416 e. The van der Waals surface area contributed by atoms with Gasteiger partial charge in [0.1, 0.15) is 0 Å². The average molecular weight is 741 g/mol. The van der Waals surface area contributed by atoms with E-state index >= 15 is 0 Å². The van der Waals surface area contributed by atoms with Gasteiger partial charge in [0.05, 0.1) is 20.9 Å². The van der Waals surface area contributed by atoms with Gasteiger partial charge in [-0.05, 0) is 131 Å². The van der Waals surface area contributed by atoms with Crippen molar-refractivity contribution in [3.63, 3.8) is 0 Å². The number of alkyl halides is 6. The Bertz CT molecular complexity index is 2430. The lowest BCUT2D eigenvalue weighted by Gasteiger charge is -2.05. The Kier molecular flexibility index (Phi) is 8.08. The predicted octanol–water partition coefficient (Wildman–Crippen LogP) is 13.6. The Morgan fingerprint density at radius 2 is 0.740 bits per heavy atom. The molecule has 0 radical (unpaired) electrons. The first kappa shape index (κ1) is 32.4. The molecule has 8 rings (SSSR count). The first-order valence-electron chi connectivity index (χ1n) is 14.9. The van der Waals surface area contributed by atoms with Crippen molar-refractivity contribution < 1.29 is 26.3 Å². The molecule has 0 spiro atoms. The van der Waals surface area contributed by atoms with Crippen LogP contribution in [0.4, 0.5) is 26.3 Å². The maximum atomic E-state index is 12.8. The molecule has 4 aromatic heterocycles. The highest BCUT2D eigenvalue weighted by Gasteiger charge is 2.30. The zero-order valence-electron chi connectivity index (χ0n) is 25.3. The SMILES string of the molecule is FC(F)(F)c1ccc(C#Cc2cc3cc4sc(/C=C/c5cc6cc7sc(C#Cc8ccc(C(F)(F)F)cc8)cc7cc6s5)cc4cc3s2)cc1. The second-order valence-corrected chi connectivity index (χ2v) is 15.8. The maximum absolute atomic E-state index is 12.8. The summed E-state index contributed by atoms with van der Waals surface area (Å²) >= 11 is 6.53. The highest BCUT2D eigenvalue weighted by atomic mass is 32.1. The Balaban J connectivity index is 0.972. The number of benzene rings is 4. The van der Waals surface area contributed by atoms with Crippen molar-refractivity contribution in [3.8, 4) is 23.7 Å². The normalized spacial score (nSPS) is 12.2. The third-order valence-electron chi connectivity index (χ3n) is 7.85. The van der Waals surface area contributed by atoms with Gasteiger partial charge < -0.3 is 0 Å². The molecule has 4 heterocycles. The fraction of sp³-hybridized carbons (Fsp3) is 0.0500. The summed E-state index contributed by atoms with van der Waals surface area (Å²) in [4.78, 5) is 3.97. The van der Waals surface area contributed by atoms with Gasteiger partial charge in [-0.3, -0.25) is 0 Å². The highest BCUT2D eigenvalue weighted by molar-refractivity contribution is 7.22. The van der Waals surface area contributed by atoms with Gasteiger partial charge in [-0.15, -0.1) is 45.3 Å². The van der Waals surface area contributed by atoms with Gasteiger partial charge in [-0.25, -0.2) is 0 Å². The molecule has 0 saturated carbocycles. The Morgan fingerprint density at radius 3 is 1.10 bits per heavy atom. The fourth-order valence-electron chi connectivity index (χ4n) is 5.39. The number of hydrogen-bond acceptors (Lipinski definition) is 4. The van der Waals surface area contributed by atoms with Crippen LogP contribution in [0.3, 0.4) is 0 Å². The van der Waals surface area contributed by atoms with E-state index in [0.29, 0.717) is 11.1 Å². The topological polar surface area (TPSA) is 0 Å². The fourth-order valence-corrected chi connectivity index (χ4v) is 9.28. The summed E-state index contributed by atoms with van der Waals surface area (Å²) in [6.07, 6.45) is -4.48. The van der Waals surface area contributed by atoms with Crippen molar-refractivity contribution in [1.82, 2.24) is 0 Å². The van der Waals surface area contributed by atoms with E-state index in [0.717, 1.165) is 84.1 Å². The minimum atomic E-state index is -4.37. The first-order valence-corrected chi connectivity index (χ1v) is 18.2. The predicted molar refractivity (Wildman–Crippen MR) is 198 cm³/mol. The number of thiophene rings is 4.